The third-order valence-electron chi connectivity index (χ3n) is 2.79. The van der Waals surface area contributed by atoms with Crippen molar-refractivity contribution in [2.75, 3.05) is 13.9 Å². The van der Waals surface area contributed by atoms with E-state index in [4.69, 9.17) is 9.47 Å². The second-order valence-electron chi connectivity index (χ2n) is 4.84. The van der Waals surface area contributed by atoms with Gasteiger partial charge in [-0.15, -0.1) is 0 Å². The summed E-state index contributed by atoms with van der Waals surface area (Å²) in [6.45, 7) is 1.59. The molecule has 0 aromatic heterocycles. The molecule has 1 rings (SSSR count). The van der Waals surface area contributed by atoms with Gasteiger partial charge in [0, 0.05) is 7.11 Å². The fraction of sp³-hybridized carbons (Fsp3) is 0.429. The van der Waals surface area contributed by atoms with Crippen molar-refractivity contribution in [1.82, 2.24) is 0 Å². The van der Waals surface area contributed by atoms with E-state index in [2.05, 4.69) is 4.74 Å². The standard InChI is InChI=1S/C14H16F2O6/c1-13(2,14(15,16)12(18)19)22-11(17)9-4-6-10(7-5-9)21-8-20-3/h4-7H,8H2,1-3H3,(H,18,19)/p-1. The number of ether oxygens (including phenoxy) is 3. The number of hydrogen-bond donors (Lipinski definition) is 0. The first-order chi connectivity index (χ1) is 10.1. The molecule has 0 N–H and O–H groups in total. The van der Waals surface area contributed by atoms with Gasteiger partial charge in [-0.05, 0) is 38.1 Å². The highest BCUT2D eigenvalue weighted by atomic mass is 19.3. The zero-order valence-electron chi connectivity index (χ0n) is 12.2. The lowest BCUT2D eigenvalue weighted by Gasteiger charge is -2.33. The summed E-state index contributed by atoms with van der Waals surface area (Å²) in [6, 6.07) is 5.42. The van der Waals surface area contributed by atoms with Gasteiger partial charge in [-0.3, -0.25) is 0 Å². The number of carboxylic acid groups (broad SMARTS) is 1. The third kappa shape index (κ3) is 3.91. The molecule has 6 nitrogen and oxygen atoms in total. The van der Waals surface area contributed by atoms with Gasteiger partial charge in [0.25, 0.3) is 0 Å². The van der Waals surface area contributed by atoms with E-state index in [1.807, 2.05) is 0 Å². The van der Waals surface area contributed by atoms with Gasteiger partial charge >= 0.3 is 11.9 Å². The van der Waals surface area contributed by atoms with Crippen LogP contribution in [0, 0.1) is 0 Å². The molecule has 8 heteroatoms. The number of carbonyl (C=O) groups is 2. The number of alkyl halides is 2. The van der Waals surface area contributed by atoms with Crippen molar-refractivity contribution < 1.29 is 37.7 Å². The van der Waals surface area contributed by atoms with Crippen molar-refractivity contribution in [2.24, 2.45) is 0 Å². The first-order valence-electron chi connectivity index (χ1n) is 6.16. The monoisotopic (exact) mass is 317 g/mol. The van der Waals surface area contributed by atoms with Gasteiger partial charge in [0.1, 0.15) is 11.7 Å². The zero-order valence-corrected chi connectivity index (χ0v) is 12.2. The van der Waals surface area contributed by atoms with Crippen molar-refractivity contribution >= 4 is 11.9 Å². The largest absolute Gasteiger partial charge is 0.544 e. The first kappa shape index (κ1) is 17.8. The Morgan fingerprint density at radius 1 is 1.18 bits per heavy atom. The number of halogens is 2. The molecule has 0 atom stereocenters. The molecule has 0 amide bonds. The average molecular weight is 317 g/mol. The van der Waals surface area contributed by atoms with Crippen LogP contribution in [0.2, 0.25) is 0 Å². The van der Waals surface area contributed by atoms with Crippen LogP contribution in [0.25, 0.3) is 0 Å². The molecule has 0 radical (unpaired) electrons. The Labute approximate surface area is 125 Å². The summed E-state index contributed by atoms with van der Waals surface area (Å²) < 4.78 is 41.2. The smallest absolute Gasteiger partial charge is 0.338 e. The van der Waals surface area contributed by atoms with Crippen LogP contribution in [0.5, 0.6) is 5.75 Å². The molecule has 0 unspecified atom stereocenters. The summed E-state index contributed by atoms with van der Waals surface area (Å²) in [5.74, 6) is -7.64. The van der Waals surface area contributed by atoms with E-state index in [-0.39, 0.29) is 12.4 Å². The Balaban J connectivity index is 2.82. The molecular weight excluding hydrogens is 302 g/mol. The Kier molecular flexibility index (Phi) is 5.43. The van der Waals surface area contributed by atoms with Crippen LogP contribution in [-0.4, -0.2) is 37.4 Å². The van der Waals surface area contributed by atoms with Crippen molar-refractivity contribution in [1.29, 1.82) is 0 Å². The first-order valence-corrected chi connectivity index (χ1v) is 6.16. The lowest BCUT2D eigenvalue weighted by Crippen LogP contribution is -2.57. The predicted molar refractivity (Wildman–Crippen MR) is 68.4 cm³/mol. The summed E-state index contributed by atoms with van der Waals surface area (Å²) in [6.07, 6.45) is 0. The Morgan fingerprint density at radius 2 is 1.73 bits per heavy atom. The molecule has 0 fully saturated rings. The normalized spacial score (nSPS) is 11.9. The van der Waals surface area contributed by atoms with Gasteiger partial charge in [-0.1, -0.05) is 0 Å². The third-order valence-corrected chi connectivity index (χ3v) is 2.79. The highest BCUT2D eigenvalue weighted by Gasteiger charge is 2.51. The van der Waals surface area contributed by atoms with E-state index in [1.165, 1.54) is 31.4 Å². The topological polar surface area (TPSA) is 84.9 Å². The molecule has 0 bridgehead atoms. The predicted octanol–water partition coefficient (Wildman–Crippen LogP) is 0.990. The second-order valence-corrected chi connectivity index (χ2v) is 4.84. The maximum atomic E-state index is 13.4. The summed E-state index contributed by atoms with van der Waals surface area (Å²) in [5.41, 5.74) is -2.60. The van der Waals surface area contributed by atoms with Crippen LogP contribution in [-0.2, 0) is 14.3 Å². The summed E-state index contributed by atoms with van der Waals surface area (Å²) in [7, 11) is 1.44. The van der Waals surface area contributed by atoms with E-state index in [1.54, 1.807) is 0 Å². The molecule has 0 aliphatic heterocycles. The average Bonchev–Trinajstić information content (AvgIpc) is 2.44. The molecule has 0 aliphatic rings. The number of hydrogen-bond acceptors (Lipinski definition) is 6. The molecule has 22 heavy (non-hydrogen) atoms. The zero-order chi connectivity index (χ0) is 17.0. The maximum absolute atomic E-state index is 13.4. The van der Waals surface area contributed by atoms with Gasteiger partial charge in [0.15, 0.2) is 12.4 Å². The molecule has 0 saturated heterocycles. The molecular formula is C14H15F2O6-. The van der Waals surface area contributed by atoms with E-state index in [9.17, 15) is 23.5 Å². The Morgan fingerprint density at radius 3 is 2.18 bits per heavy atom. The fourth-order valence-electron chi connectivity index (χ4n) is 1.41. The van der Waals surface area contributed by atoms with E-state index < -0.39 is 23.5 Å². The Bertz CT molecular complexity index is 539. The summed E-state index contributed by atoms with van der Waals surface area (Å²) in [5, 5.41) is 10.4. The van der Waals surface area contributed by atoms with Crippen LogP contribution in [0.4, 0.5) is 8.78 Å². The highest BCUT2D eigenvalue weighted by molar-refractivity contribution is 5.90. The lowest BCUT2D eigenvalue weighted by atomic mass is 10.0. The molecule has 122 valence electrons. The molecule has 0 spiro atoms. The van der Waals surface area contributed by atoms with Crippen molar-refractivity contribution in [3.05, 3.63) is 29.8 Å². The van der Waals surface area contributed by atoms with Crippen molar-refractivity contribution in [3.8, 4) is 5.75 Å². The van der Waals surface area contributed by atoms with E-state index in [0.29, 0.717) is 5.75 Å². The van der Waals surface area contributed by atoms with Crippen LogP contribution in [0.1, 0.15) is 24.2 Å². The second kappa shape index (κ2) is 6.69. The maximum Gasteiger partial charge on any atom is 0.338 e. The number of aliphatic carboxylic acids is 1. The van der Waals surface area contributed by atoms with Crippen molar-refractivity contribution in [3.63, 3.8) is 0 Å². The number of rotatable bonds is 7. The molecule has 1 aromatic carbocycles. The van der Waals surface area contributed by atoms with Crippen LogP contribution in [0.15, 0.2) is 24.3 Å². The van der Waals surface area contributed by atoms with Gasteiger partial charge < -0.3 is 24.1 Å². The van der Waals surface area contributed by atoms with Gasteiger partial charge in [0.2, 0.25) is 0 Å². The summed E-state index contributed by atoms with van der Waals surface area (Å²) >= 11 is 0. The molecule has 1 aromatic rings. The number of carboxylic acids is 1. The quantitative estimate of drug-likeness (QED) is 0.551. The lowest BCUT2D eigenvalue weighted by molar-refractivity contribution is -0.341. The van der Waals surface area contributed by atoms with Crippen LogP contribution < -0.4 is 9.84 Å². The van der Waals surface area contributed by atoms with E-state index in [0.717, 1.165) is 13.8 Å². The SMILES string of the molecule is COCOc1ccc(C(=O)OC(C)(C)C(F)(F)C(=O)[O-])cc1. The van der Waals surface area contributed by atoms with Gasteiger partial charge in [0.05, 0.1) is 5.56 Å². The van der Waals surface area contributed by atoms with Gasteiger partial charge in [-0.25, -0.2) is 4.79 Å². The van der Waals surface area contributed by atoms with Gasteiger partial charge in [-0.2, -0.15) is 8.78 Å². The van der Waals surface area contributed by atoms with Crippen LogP contribution >= 0.6 is 0 Å². The minimum Gasteiger partial charge on any atom is -0.544 e. The molecule has 0 saturated carbocycles. The molecule has 0 aliphatic carbocycles. The minimum absolute atomic E-state index is 0.00859. The molecule has 0 heterocycles. The number of methoxy groups -OCH3 is 1. The van der Waals surface area contributed by atoms with Crippen molar-refractivity contribution in [2.45, 2.75) is 25.4 Å². The number of benzene rings is 1. The van der Waals surface area contributed by atoms with E-state index >= 15 is 0 Å². The number of esters is 1. The number of carbonyl (C=O) groups excluding carboxylic acids is 2. The fourth-order valence-corrected chi connectivity index (χ4v) is 1.41. The minimum atomic E-state index is -4.33. The highest BCUT2D eigenvalue weighted by Crippen LogP contribution is 2.32. The van der Waals surface area contributed by atoms with Crippen LogP contribution in [0.3, 0.4) is 0 Å². The summed E-state index contributed by atoms with van der Waals surface area (Å²) in [4.78, 5) is 22.3. The Hall–Kier alpha value is -2.22.